The predicted octanol–water partition coefficient (Wildman–Crippen LogP) is 1.53. The number of rotatable bonds is 3. The molecule has 0 aliphatic carbocycles. The summed E-state index contributed by atoms with van der Waals surface area (Å²) < 4.78 is 4.53. The first-order valence-corrected chi connectivity index (χ1v) is 5.88. The van der Waals surface area contributed by atoms with Gasteiger partial charge in [-0.1, -0.05) is 0 Å². The number of methoxy groups -OCH3 is 1. The largest absolute Gasteiger partial charge is 0.508 e. The van der Waals surface area contributed by atoms with Crippen molar-refractivity contribution >= 4 is 17.7 Å². The van der Waals surface area contributed by atoms with Crippen LogP contribution in [0.3, 0.4) is 0 Å². The van der Waals surface area contributed by atoms with E-state index < -0.39 is 11.9 Å². The number of pyridine rings is 1. The maximum atomic E-state index is 11.9. The zero-order chi connectivity index (χ0) is 15.4. The zero-order valence-corrected chi connectivity index (χ0v) is 11.0. The number of carbonyl (C=O) groups excluding carboxylic acids is 2. The van der Waals surface area contributed by atoms with E-state index in [9.17, 15) is 19.8 Å². The van der Waals surface area contributed by atoms with E-state index in [2.05, 4.69) is 15.0 Å². The van der Waals surface area contributed by atoms with Crippen molar-refractivity contribution in [3.63, 3.8) is 0 Å². The summed E-state index contributed by atoms with van der Waals surface area (Å²) in [5.74, 6) is -1.32. The Morgan fingerprint density at radius 3 is 2.29 bits per heavy atom. The molecule has 1 heterocycles. The first-order valence-electron chi connectivity index (χ1n) is 5.88. The van der Waals surface area contributed by atoms with Crippen molar-refractivity contribution in [2.45, 2.75) is 0 Å². The fraction of sp³-hybridized carbons (Fsp3) is 0.0714. The summed E-state index contributed by atoms with van der Waals surface area (Å²) in [6.07, 6.45) is 1.27. The first-order chi connectivity index (χ1) is 9.99. The van der Waals surface area contributed by atoms with Crippen LogP contribution < -0.4 is 5.32 Å². The molecule has 1 aromatic heterocycles. The van der Waals surface area contributed by atoms with Crippen LogP contribution in [0.25, 0.3) is 0 Å². The van der Waals surface area contributed by atoms with Gasteiger partial charge in [0.1, 0.15) is 17.3 Å². The number of nitrogens with zero attached hydrogens (tertiary/aromatic N) is 1. The van der Waals surface area contributed by atoms with Crippen LogP contribution >= 0.6 is 0 Å². The van der Waals surface area contributed by atoms with Gasteiger partial charge >= 0.3 is 5.97 Å². The quantitative estimate of drug-likeness (QED) is 0.739. The normalized spacial score (nSPS) is 9.95. The number of esters is 1. The smallest absolute Gasteiger partial charge is 0.339 e. The summed E-state index contributed by atoms with van der Waals surface area (Å²) in [5, 5.41) is 21.1. The molecular weight excluding hydrogens is 276 g/mol. The lowest BCUT2D eigenvalue weighted by Crippen LogP contribution is -2.13. The molecule has 0 radical (unpaired) electrons. The standard InChI is InChI=1S/C14H12N2O5/c1-21-14(20)8-2-3-12(15-7-8)16-13(19)9-4-10(17)6-11(18)5-9/h2-7,17-18H,1H3,(H,15,16,19). The molecule has 0 spiro atoms. The van der Waals surface area contributed by atoms with Crippen molar-refractivity contribution < 1.29 is 24.5 Å². The van der Waals surface area contributed by atoms with E-state index in [1.165, 1.54) is 37.6 Å². The Bertz CT molecular complexity index is 662. The second-order valence-corrected chi connectivity index (χ2v) is 4.12. The number of aromatic hydroxyl groups is 2. The number of anilines is 1. The van der Waals surface area contributed by atoms with Gasteiger partial charge in [-0.3, -0.25) is 4.79 Å². The lowest BCUT2D eigenvalue weighted by molar-refractivity contribution is 0.0600. The average molecular weight is 288 g/mol. The van der Waals surface area contributed by atoms with Crippen LogP contribution in [0.15, 0.2) is 36.5 Å². The van der Waals surface area contributed by atoms with Crippen LogP contribution in [0, 0.1) is 0 Å². The van der Waals surface area contributed by atoms with Gasteiger partial charge in [0.2, 0.25) is 0 Å². The van der Waals surface area contributed by atoms with E-state index in [1.54, 1.807) is 0 Å². The number of carbonyl (C=O) groups is 2. The Kier molecular flexibility index (Phi) is 4.03. The number of phenols is 2. The SMILES string of the molecule is COC(=O)c1ccc(NC(=O)c2cc(O)cc(O)c2)nc1. The molecule has 2 aromatic rings. The minimum Gasteiger partial charge on any atom is -0.508 e. The summed E-state index contributed by atoms with van der Waals surface area (Å²) in [7, 11) is 1.26. The van der Waals surface area contributed by atoms with Gasteiger partial charge in [-0.2, -0.15) is 0 Å². The minimum absolute atomic E-state index is 0.0753. The van der Waals surface area contributed by atoms with Gasteiger partial charge in [-0.15, -0.1) is 0 Å². The topological polar surface area (TPSA) is 109 Å². The highest BCUT2D eigenvalue weighted by Crippen LogP contribution is 2.21. The van der Waals surface area contributed by atoms with Crippen molar-refractivity contribution in [1.82, 2.24) is 4.98 Å². The Morgan fingerprint density at radius 2 is 1.76 bits per heavy atom. The third-order valence-electron chi connectivity index (χ3n) is 2.59. The van der Waals surface area contributed by atoms with Crippen molar-refractivity contribution in [2.75, 3.05) is 12.4 Å². The molecule has 7 nitrogen and oxygen atoms in total. The van der Waals surface area contributed by atoms with Gasteiger partial charge in [0, 0.05) is 17.8 Å². The van der Waals surface area contributed by atoms with Gasteiger partial charge in [-0.25, -0.2) is 9.78 Å². The monoisotopic (exact) mass is 288 g/mol. The van der Waals surface area contributed by atoms with Gasteiger partial charge in [-0.05, 0) is 24.3 Å². The van der Waals surface area contributed by atoms with E-state index in [0.29, 0.717) is 0 Å². The molecule has 0 atom stereocenters. The first kappa shape index (κ1) is 14.3. The Hall–Kier alpha value is -3.09. The third-order valence-corrected chi connectivity index (χ3v) is 2.59. The lowest BCUT2D eigenvalue weighted by atomic mass is 10.2. The highest BCUT2D eigenvalue weighted by molar-refractivity contribution is 6.04. The fourth-order valence-corrected chi connectivity index (χ4v) is 1.62. The van der Waals surface area contributed by atoms with E-state index in [-0.39, 0.29) is 28.4 Å². The van der Waals surface area contributed by atoms with Crippen LogP contribution in [-0.2, 0) is 4.74 Å². The summed E-state index contributed by atoms with van der Waals surface area (Å²) in [4.78, 5) is 27.1. The molecule has 0 fully saturated rings. The van der Waals surface area contributed by atoms with Gasteiger partial charge in [0.25, 0.3) is 5.91 Å². The van der Waals surface area contributed by atoms with Crippen molar-refractivity contribution in [3.05, 3.63) is 47.7 Å². The number of phenolic OH excluding ortho intramolecular Hbond substituents is 2. The molecule has 3 N–H and O–H groups in total. The maximum Gasteiger partial charge on any atom is 0.339 e. The Morgan fingerprint density at radius 1 is 1.10 bits per heavy atom. The Balaban J connectivity index is 2.14. The van der Waals surface area contributed by atoms with Gasteiger partial charge < -0.3 is 20.3 Å². The average Bonchev–Trinajstić information content (AvgIpc) is 2.46. The second kappa shape index (κ2) is 5.91. The molecule has 2 rings (SSSR count). The van der Waals surface area contributed by atoms with Crippen LogP contribution in [0.5, 0.6) is 11.5 Å². The predicted molar refractivity (Wildman–Crippen MR) is 73.3 cm³/mol. The Labute approximate surface area is 119 Å². The number of nitrogens with one attached hydrogen (secondary N) is 1. The molecule has 1 amide bonds. The molecule has 108 valence electrons. The number of amides is 1. The molecular formula is C14H12N2O5. The molecule has 0 unspecified atom stereocenters. The van der Waals surface area contributed by atoms with Gasteiger partial charge in [0.15, 0.2) is 0 Å². The molecule has 7 heteroatoms. The number of ether oxygens (including phenoxy) is 1. The van der Waals surface area contributed by atoms with Crippen LogP contribution in [0.1, 0.15) is 20.7 Å². The summed E-state index contributed by atoms with van der Waals surface area (Å²) >= 11 is 0. The maximum absolute atomic E-state index is 11.9. The molecule has 0 saturated carbocycles. The van der Waals surface area contributed by atoms with E-state index in [0.717, 1.165) is 6.07 Å². The molecule has 0 bridgehead atoms. The van der Waals surface area contributed by atoms with E-state index in [1.807, 2.05) is 0 Å². The number of hydrogen-bond acceptors (Lipinski definition) is 6. The van der Waals surface area contributed by atoms with E-state index >= 15 is 0 Å². The molecule has 21 heavy (non-hydrogen) atoms. The molecule has 0 aliphatic heterocycles. The number of hydrogen-bond donors (Lipinski definition) is 3. The van der Waals surface area contributed by atoms with Crippen molar-refractivity contribution in [2.24, 2.45) is 0 Å². The van der Waals surface area contributed by atoms with Crippen LogP contribution in [0.2, 0.25) is 0 Å². The highest BCUT2D eigenvalue weighted by atomic mass is 16.5. The zero-order valence-electron chi connectivity index (χ0n) is 11.0. The second-order valence-electron chi connectivity index (χ2n) is 4.12. The van der Waals surface area contributed by atoms with E-state index in [4.69, 9.17) is 0 Å². The van der Waals surface area contributed by atoms with Crippen LogP contribution in [-0.4, -0.2) is 34.2 Å². The minimum atomic E-state index is -0.556. The fourth-order valence-electron chi connectivity index (χ4n) is 1.62. The summed E-state index contributed by atoms with van der Waals surface area (Å²) in [6, 6.07) is 6.41. The van der Waals surface area contributed by atoms with Crippen LogP contribution in [0.4, 0.5) is 5.82 Å². The number of aromatic nitrogens is 1. The molecule has 1 aromatic carbocycles. The number of benzene rings is 1. The van der Waals surface area contributed by atoms with Crippen molar-refractivity contribution in [3.8, 4) is 11.5 Å². The summed E-state index contributed by atoms with van der Waals surface area (Å²) in [6.45, 7) is 0. The molecule has 0 aliphatic rings. The molecule has 0 saturated heterocycles. The summed E-state index contributed by atoms with van der Waals surface area (Å²) in [5.41, 5.74) is 0.330. The van der Waals surface area contributed by atoms with Crippen molar-refractivity contribution in [1.29, 1.82) is 0 Å². The van der Waals surface area contributed by atoms with Gasteiger partial charge in [0.05, 0.1) is 12.7 Å². The third kappa shape index (κ3) is 3.47. The highest BCUT2D eigenvalue weighted by Gasteiger charge is 2.11. The lowest BCUT2D eigenvalue weighted by Gasteiger charge is -2.06.